The van der Waals surface area contributed by atoms with Gasteiger partial charge >= 0.3 is 0 Å². The van der Waals surface area contributed by atoms with Crippen LogP contribution in [0.5, 0.6) is 0 Å². The van der Waals surface area contributed by atoms with Crippen molar-refractivity contribution in [1.29, 1.82) is 0 Å². The van der Waals surface area contributed by atoms with Crippen molar-refractivity contribution in [3.05, 3.63) is 85.5 Å². The summed E-state index contributed by atoms with van der Waals surface area (Å²) in [7, 11) is 0. The molecular formula is C27H26N8S. The summed E-state index contributed by atoms with van der Waals surface area (Å²) < 4.78 is 4.45. The molecule has 1 aliphatic heterocycles. The molecule has 0 atom stereocenters. The predicted molar refractivity (Wildman–Crippen MR) is 146 cm³/mol. The van der Waals surface area contributed by atoms with Crippen LogP contribution in [0.25, 0.3) is 28.2 Å². The summed E-state index contributed by atoms with van der Waals surface area (Å²) >= 11 is 1.80. The van der Waals surface area contributed by atoms with E-state index in [-0.39, 0.29) is 0 Å². The third kappa shape index (κ3) is 4.62. The van der Waals surface area contributed by atoms with Gasteiger partial charge in [-0.25, -0.2) is 24.2 Å². The van der Waals surface area contributed by atoms with E-state index in [1.54, 1.807) is 18.1 Å². The second-order valence-electron chi connectivity index (χ2n) is 8.55. The lowest BCUT2D eigenvalue weighted by atomic mass is 10.1. The van der Waals surface area contributed by atoms with Gasteiger partial charge in [-0.05, 0) is 47.7 Å². The first kappa shape index (κ1) is 22.5. The van der Waals surface area contributed by atoms with Crippen LogP contribution in [0.3, 0.4) is 0 Å². The third-order valence-corrected chi connectivity index (χ3v) is 7.24. The van der Waals surface area contributed by atoms with Crippen LogP contribution in [0, 0.1) is 0 Å². The lowest BCUT2D eigenvalue weighted by molar-refractivity contribution is 0.429. The summed E-state index contributed by atoms with van der Waals surface area (Å²) in [6.07, 6.45) is 9.68. The second-order valence-corrected chi connectivity index (χ2v) is 9.43. The minimum atomic E-state index is 0.518. The molecule has 4 aromatic heterocycles. The van der Waals surface area contributed by atoms with E-state index in [4.69, 9.17) is 4.98 Å². The molecule has 0 amide bonds. The quantitative estimate of drug-likeness (QED) is 0.331. The molecule has 0 spiro atoms. The molecule has 9 heteroatoms. The minimum absolute atomic E-state index is 0.518. The second kappa shape index (κ2) is 9.96. The molecule has 0 unspecified atom stereocenters. The molecule has 180 valence electrons. The lowest BCUT2D eigenvalue weighted by Gasteiger charge is -2.33. The number of pyridine rings is 2. The van der Waals surface area contributed by atoms with Gasteiger partial charge in [-0.3, -0.25) is 4.40 Å². The van der Waals surface area contributed by atoms with Gasteiger partial charge < -0.3 is 10.2 Å². The van der Waals surface area contributed by atoms with Crippen LogP contribution in [-0.2, 0) is 0 Å². The van der Waals surface area contributed by atoms with Crippen LogP contribution < -0.4 is 10.2 Å². The van der Waals surface area contributed by atoms with Gasteiger partial charge in [0.1, 0.15) is 11.5 Å². The third-order valence-electron chi connectivity index (χ3n) is 6.36. The van der Waals surface area contributed by atoms with E-state index in [0.717, 1.165) is 65.8 Å². The van der Waals surface area contributed by atoms with Crippen molar-refractivity contribution in [2.45, 2.75) is 0 Å². The monoisotopic (exact) mass is 494 g/mol. The molecule has 0 aliphatic carbocycles. The Hall–Kier alpha value is -3.95. The minimum Gasteiger partial charge on any atom is -0.354 e. The maximum atomic E-state index is 4.76. The summed E-state index contributed by atoms with van der Waals surface area (Å²) in [4.78, 5) is 20.7. The number of rotatable bonds is 6. The van der Waals surface area contributed by atoms with Crippen molar-refractivity contribution < 1.29 is 0 Å². The van der Waals surface area contributed by atoms with E-state index in [1.165, 1.54) is 0 Å². The highest BCUT2D eigenvalue weighted by Crippen LogP contribution is 2.25. The molecule has 1 aromatic carbocycles. The molecule has 6 rings (SSSR count). The Morgan fingerprint density at radius 3 is 2.44 bits per heavy atom. The number of benzene rings is 1. The Morgan fingerprint density at radius 2 is 1.67 bits per heavy atom. The fourth-order valence-corrected chi connectivity index (χ4v) is 4.94. The van der Waals surface area contributed by atoms with E-state index >= 15 is 0 Å². The highest BCUT2D eigenvalue weighted by molar-refractivity contribution is 7.96. The van der Waals surface area contributed by atoms with Crippen LogP contribution in [0.4, 0.5) is 17.5 Å². The molecule has 5 heterocycles. The van der Waals surface area contributed by atoms with E-state index in [2.05, 4.69) is 70.6 Å². The Kier molecular flexibility index (Phi) is 6.23. The zero-order chi connectivity index (χ0) is 24.3. The average Bonchev–Trinajstić information content (AvgIpc) is 3.38. The normalized spacial score (nSPS) is 14.3. The molecule has 36 heavy (non-hydrogen) atoms. The van der Waals surface area contributed by atoms with Gasteiger partial charge in [0, 0.05) is 38.6 Å². The predicted octanol–water partition coefficient (Wildman–Crippen LogP) is 5.00. The molecule has 0 bridgehead atoms. The number of hydrogen-bond donors (Lipinski definition) is 1. The maximum absolute atomic E-state index is 4.76. The number of aromatic nitrogens is 5. The number of nitrogens with zero attached hydrogens (tertiary/aromatic N) is 7. The standard InChI is InChI=1S/C27H26N8S/c1-36-34-15-13-33(14-16-34)25-10-8-22(17-29-25)31-27-28-12-11-23(32-27)24-18-30-26-9-7-21(19-35(24)26)20-5-3-2-4-6-20/h2-12,17-19H,13-16H2,1H3,(H,28,31,32). The van der Waals surface area contributed by atoms with E-state index < -0.39 is 0 Å². The number of nitrogens with one attached hydrogen (secondary N) is 1. The van der Waals surface area contributed by atoms with Gasteiger partial charge in [-0.1, -0.05) is 42.3 Å². The summed E-state index contributed by atoms with van der Waals surface area (Å²) in [5.41, 5.74) is 5.70. The first-order valence-electron chi connectivity index (χ1n) is 11.9. The molecule has 0 radical (unpaired) electrons. The zero-order valence-electron chi connectivity index (χ0n) is 20.0. The van der Waals surface area contributed by atoms with Crippen molar-refractivity contribution in [3.8, 4) is 22.5 Å². The van der Waals surface area contributed by atoms with Crippen LogP contribution in [0.15, 0.2) is 85.5 Å². The van der Waals surface area contributed by atoms with E-state index in [9.17, 15) is 0 Å². The molecule has 5 aromatic rings. The molecule has 8 nitrogen and oxygen atoms in total. The van der Waals surface area contributed by atoms with Gasteiger partial charge in [0.2, 0.25) is 5.95 Å². The molecular weight excluding hydrogens is 468 g/mol. The van der Waals surface area contributed by atoms with Crippen molar-refractivity contribution in [2.75, 3.05) is 42.7 Å². The van der Waals surface area contributed by atoms with Gasteiger partial charge in [0.25, 0.3) is 0 Å². The van der Waals surface area contributed by atoms with Gasteiger partial charge in [0.05, 0.1) is 29.5 Å². The van der Waals surface area contributed by atoms with E-state index in [1.807, 2.05) is 48.8 Å². The largest absolute Gasteiger partial charge is 0.354 e. The fourth-order valence-electron chi connectivity index (χ4n) is 4.41. The molecule has 0 saturated carbocycles. The first-order valence-corrected chi connectivity index (χ1v) is 13.1. The van der Waals surface area contributed by atoms with E-state index in [0.29, 0.717) is 5.95 Å². The van der Waals surface area contributed by atoms with Crippen LogP contribution in [0.1, 0.15) is 0 Å². The van der Waals surface area contributed by atoms with Gasteiger partial charge in [0.15, 0.2) is 0 Å². The zero-order valence-corrected chi connectivity index (χ0v) is 20.8. The van der Waals surface area contributed by atoms with Crippen molar-refractivity contribution in [2.24, 2.45) is 0 Å². The summed E-state index contributed by atoms with van der Waals surface area (Å²) in [5.74, 6) is 1.51. The van der Waals surface area contributed by atoms with Crippen LogP contribution >= 0.6 is 11.9 Å². The van der Waals surface area contributed by atoms with Crippen molar-refractivity contribution in [3.63, 3.8) is 0 Å². The average molecular weight is 495 g/mol. The Morgan fingerprint density at radius 1 is 0.806 bits per heavy atom. The summed E-state index contributed by atoms with van der Waals surface area (Å²) in [5, 5.41) is 3.29. The summed E-state index contributed by atoms with van der Waals surface area (Å²) in [6.45, 7) is 4.05. The summed E-state index contributed by atoms with van der Waals surface area (Å²) in [6, 6.07) is 20.4. The van der Waals surface area contributed by atoms with Crippen LogP contribution in [0.2, 0.25) is 0 Å². The van der Waals surface area contributed by atoms with Gasteiger partial charge in [-0.15, -0.1) is 0 Å². The highest BCUT2D eigenvalue weighted by atomic mass is 32.2. The lowest BCUT2D eigenvalue weighted by Crippen LogP contribution is -2.43. The Bertz CT molecular complexity index is 1460. The molecule has 1 aliphatic rings. The number of piperazine rings is 1. The molecule has 1 N–H and O–H groups in total. The van der Waals surface area contributed by atoms with Gasteiger partial charge in [-0.2, -0.15) is 0 Å². The van der Waals surface area contributed by atoms with Crippen molar-refractivity contribution >= 4 is 35.0 Å². The Labute approximate surface area is 214 Å². The first-order chi connectivity index (χ1) is 17.8. The van der Waals surface area contributed by atoms with Crippen molar-refractivity contribution in [1.82, 2.24) is 28.6 Å². The highest BCUT2D eigenvalue weighted by Gasteiger charge is 2.17. The SMILES string of the molecule is CSN1CCN(c2ccc(Nc3nccc(-c4cnc5ccc(-c6ccccc6)cn45)n3)cn2)CC1. The molecule has 1 fully saturated rings. The maximum Gasteiger partial charge on any atom is 0.227 e. The van der Waals surface area contributed by atoms with Crippen LogP contribution in [-0.4, -0.2) is 61.1 Å². The number of imidazole rings is 1. The number of hydrogen-bond acceptors (Lipinski definition) is 8. The smallest absolute Gasteiger partial charge is 0.227 e. The fraction of sp³-hybridized carbons (Fsp3) is 0.185. The Balaban J connectivity index is 1.22. The molecule has 1 saturated heterocycles. The number of fused-ring (bicyclic) bond motifs is 1. The topological polar surface area (TPSA) is 74.5 Å². The number of anilines is 3.